The Morgan fingerprint density at radius 3 is 2.56 bits per heavy atom. The van der Waals surface area contributed by atoms with Crippen molar-refractivity contribution in [1.82, 2.24) is 4.31 Å². The number of benzene rings is 2. The summed E-state index contributed by atoms with van der Waals surface area (Å²) in [7, 11) is 0.570. The van der Waals surface area contributed by atoms with Crippen molar-refractivity contribution in [3.63, 3.8) is 0 Å². The zero-order valence-electron chi connectivity index (χ0n) is 16.0. The monoisotopic (exact) mass is 388 g/mol. The molecule has 6 nitrogen and oxygen atoms in total. The van der Waals surface area contributed by atoms with Crippen LogP contribution in [0.5, 0.6) is 5.75 Å². The lowest BCUT2D eigenvalue weighted by Gasteiger charge is -2.35. The number of carbonyl (C=O) groups is 1. The van der Waals surface area contributed by atoms with Gasteiger partial charge in [-0.05, 0) is 49.6 Å². The first-order valence-corrected chi connectivity index (χ1v) is 10.2. The number of para-hydroxylation sites is 1. The summed E-state index contributed by atoms with van der Waals surface area (Å²) in [6, 6.07) is 12.4. The Bertz CT molecular complexity index is 970. The van der Waals surface area contributed by atoms with Crippen LogP contribution in [0.1, 0.15) is 29.3 Å². The van der Waals surface area contributed by atoms with Crippen LogP contribution in [-0.2, 0) is 16.4 Å². The molecule has 27 heavy (non-hydrogen) atoms. The lowest BCUT2D eigenvalue weighted by Crippen LogP contribution is -2.42. The number of anilines is 1. The maximum atomic E-state index is 13.3. The number of aryl methyl sites for hydroxylation is 1. The van der Waals surface area contributed by atoms with Crippen LogP contribution in [0.3, 0.4) is 0 Å². The summed E-state index contributed by atoms with van der Waals surface area (Å²) in [4.78, 5) is 15.0. The minimum atomic E-state index is -3.74. The van der Waals surface area contributed by atoms with E-state index in [1.54, 1.807) is 11.0 Å². The van der Waals surface area contributed by atoms with Gasteiger partial charge in [0, 0.05) is 31.4 Å². The van der Waals surface area contributed by atoms with Gasteiger partial charge >= 0.3 is 0 Å². The minimum absolute atomic E-state index is 0.0150. The first kappa shape index (κ1) is 19.4. The molecule has 1 aliphatic rings. The molecule has 0 aromatic heterocycles. The Labute approximate surface area is 160 Å². The second kappa shape index (κ2) is 7.32. The minimum Gasteiger partial charge on any atom is -0.495 e. The van der Waals surface area contributed by atoms with Crippen LogP contribution >= 0.6 is 0 Å². The molecular formula is C20H24N2O4S. The molecule has 7 heteroatoms. The van der Waals surface area contributed by atoms with Crippen molar-refractivity contribution in [1.29, 1.82) is 0 Å². The fourth-order valence-electron chi connectivity index (χ4n) is 3.34. The highest BCUT2D eigenvalue weighted by Crippen LogP contribution is 2.33. The lowest BCUT2D eigenvalue weighted by molar-refractivity contribution is 0.0975. The van der Waals surface area contributed by atoms with Gasteiger partial charge in [0.2, 0.25) is 10.0 Å². The number of ether oxygens (including phenoxy) is 1. The molecule has 1 heterocycles. The third kappa shape index (κ3) is 3.44. The van der Waals surface area contributed by atoms with Gasteiger partial charge in [-0.2, -0.15) is 0 Å². The van der Waals surface area contributed by atoms with E-state index in [4.69, 9.17) is 4.74 Å². The molecule has 1 aliphatic heterocycles. The van der Waals surface area contributed by atoms with Gasteiger partial charge in [0.25, 0.3) is 5.91 Å². The Morgan fingerprint density at radius 1 is 1.19 bits per heavy atom. The van der Waals surface area contributed by atoms with Crippen molar-refractivity contribution in [3.05, 3.63) is 53.6 Å². The standard InChI is InChI=1S/C20H24N2O4S/c1-14-9-10-15-7-5-6-8-17(15)22(14)20(23)16-11-12-18(26-4)19(13-16)27(24,25)21(2)3/h5-8,11-14H,9-10H2,1-4H3. The number of sulfonamides is 1. The highest BCUT2D eigenvalue weighted by Gasteiger charge is 2.30. The van der Waals surface area contributed by atoms with Crippen LogP contribution in [0, 0.1) is 0 Å². The van der Waals surface area contributed by atoms with E-state index in [9.17, 15) is 13.2 Å². The van der Waals surface area contributed by atoms with Crippen LogP contribution in [0.4, 0.5) is 5.69 Å². The highest BCUT2D eigenvalue weighted by molar-refractivity contribution is 7.89. The van der Waals surface area contributed by atoms with Crippen LogP contribution in [-0.4, -0.2) is 45.9 Å². The summed E-state index contributed by atoms with van der Waals surface area (Å²) in [6.45, 7) is 2.01. The van der Waals surface area contributed by atoms with Gasteiger partial charge in [-0.25, -0.2) is 12.7 Å². The topological polar surface area (TPSA) is 66.9 Å². The summed E-state index contributed by atoms with van der Waals surface area (Å²) in [5.74, 6) is -0.000137. The average Bonchev–Trinajstić information content (AvgIpc) is 2.66. The molecule has 0 radical (unpaired) electrons. The zero-order valence-corrected chi connectivity index (χ0v) is 16.8. The number of amides is 1. The van der Waals surface area contributed by atoms with Gasteiger partial charge in [-0.3, -0.25) is 4.79 Å². The lowest BCUT2D eigenvalue weighted by atomic mass is 9.96. The molecule has 3 rings (SSSR count). The second-order valence-electron chi connectivity index (χ2n) is 6.84. The van der Waals surface area contributed by atoms with E-state index in [2.05, 4.69) is 0 Å². The van der Waals surface area contributed by atoms with E-state index in [0.29, 0.717) is 5.56 Å². The Morgan fingerprint density at radius 2 is 1.89 bits per heavy atom. The number of nitrogens with zero attached hydrogens (tertiary/aromatic N) is 2. The number of hydrogen-bond acceptors (Lipinski definition) is 4. The zero-order chi connectivity index (χ0) is 19.8. The fraction of sp³-hybridized carbons (Fsp3) is 0.350. The quantitative estimate of drug-likeness (QED) is 0.808. The van der Waals surface area contributed by atoms with Crippen molar-refractivity contribution in [3.8, 4) is 5.75 Å². The summed E-state index contributed by atoms with van der Waals surface area (Å²) in [6.07, 6.45) is 1.78. The number of hydrogen-bond donors (Lipinski definition) is 0. The van der Waals surface area contributed by atoms with Crippen molar-refractivity contribution in [2.24, 2.45) is 0 Å². The maximum absolute atomic E-state index is 13.3. The third-order valence-corrected chi connectivity index (χ3v) is 6.75. The highest BCUT2D eigenvalue weighted by atomic mass is 32.2. The van der Waals surface area contributed by atoms with Gasteiger partial charge in [0.05, 0.1) is 7.11 Å². The molecule has 0 saturated carbocycles. The molecule has 0 saturated heterocycles. The van der Waals surface area contributed by atoms with E-state index >= 15 is 0 Å². The van der Waals surface area contributed by atoms with Crippen LogP contribution in [0.15, 0.2) is 47.4 Å². The molecule has 0 spiro atoms. The fourth-order valence-corrected chi connectivity index (χ4v) is 4.42. The van der Waals surface area contributed by atoms with Gasteiger partial charge in [0.15, 0.2) is 0 Å². The van der Waals surface area contributed by atoms with Crippen molar-refractivity contribution in [2.75, 3.05) is 26.1 Å². The van der Waals surface area contributed by atoms with E-state index in [-0.39, 0.29) is 22.6 Å². The molecule has 0 fully saturated rings. The molecule has 144 valence electrons. The predicted octanol–water partition coefficient (Wildman–Crippen LogP) is 2.93. The molecule has 0 aliphatic carbocycles. The van der Waals surface area contributed by atoms with Gasteiger partial charge in [-0.15, -0.1) is 0 Å². The van der Waals surface area contributed by atoms with Crippen molar-refractivity contribution < 1.29 is 17.9 Å². The smallest absolute Gasteiger partial charge is 0.258 e. The molecular weight excluding hydrogens is 364 g/mol. The number of fused-ring (bicyclic) bond motifs is 1. The molecule has 2 aromatic carbocycles. The molecule has 0 N–H and O–H groups in total. The normalized spacial score (nSPS) is 16.9. The summed E-state index contributed by atoms with van der Waals surface area (Å²) in [5.41, 5.74) is 2.33. The van der Waals surface area contributed by atoms with Gasteiger partial charge < -0.3 is 9.64 Å². The third-order valence-electron chi connectivity index (χ3n) is 4.91. The maximum Gasteiger partial charge on any atom is 0.258 e. The van der Waals surface area contributed by atoms with E-state index in [1.165, 1.54) is 33.3 Å². The van der Waals surface area contributed by atoms with Crippen molar-refractivity contribution in [2.45, 2.75) is 30.7 Å². The van der Waals surface area contributed by atoms with E-state index in [0.717, 1.165) is 28.4 Å². The SMILES string of the molecule is COc1ccc(C(=O)N2c3ccccc3CCC2C)cc1S(=O)(=O)N(C)C. The molecule has 2 aromatic rings. The summed E-state index contributed by atoms with van der Waals surface area (Å²) in [5, 5.41) is 0. The first-order valence-electron chi connectivity index (χ1n) is 8.79. The first-order chi connectivity index (χ1) is 12.8. The van der Waals surface area contributed by atoms with Gasteiger partial charge in [0.1, 0.15) is 10.6 Å². The Kier molecular flexibility index (Phi) is 5.26. The summed E-state index contributed by atoms with van der Waals surface area (Å²) < 4.78 is 31.6. The Balaban J connectivity index is 2.09. The van der Waals surface area contributed by atoms with Gasteiger partial charge in [-0.1, -0.05) is 18.2 Å². The van der Waals surface area contributed by atoms with Crippen molar-refractivity contribution >= 4 is 21.6 Å². The van der Waals surface area contributed by atoms with Crippen LogP contribution < -0.4 is 9.64 Å². The molecule has 1 amide bonds. The van der Waals surface area contributed by atoms with Crippen LogP contribution in [0.25, 0.3) is 0 Å². The average molecular weight is 388 g/mol. The summed E-state index contributed by atoms with van der Waals surface area (Å²) >= 11 is 0. The second-order valence-corrected chi connectivity index (χ2v) is 8.96. The molecule has 1 unspecified atom stereocenters. The molecule has 0 bridgehead atoms. The molecule has 1 atom stereocenters. The predicted molar refractivity (Wildman–Crippen MR) is 105 cm³/mol. The number of methoxy groups -OCH3 is 1. The van der Waals surface area contributed by atoms with Crippen LogP contribution in [0.2, 0.25) is 0 Å². The number of rotatable bonds is 4. The Hall–Kier alpha value is -2.38. The largest absolute Gasteiger partial charge is 0.495 e. The van der Waals surface area contributed by atoms with E-state index in [1.807, 2.05) is 31.2 Å². The number of carbonyl (C=O) groups excluding carboxylic acids is 1. The van der Waals surface area contributed by atoms with E-state index < -0.39 is 10.0 Å².